The molecule has 1 spiro atoms. The SMILES string of the molecule is C[C@@H](c1ccccc1)N1C[C@]2(COCCN(Cc3ccc(-c4csnn4)cc3)C2)CC1=O. The number of rotatable bonds is 5. The van der Waals surface area contributed by atoms with Gasteiger partial charge in [-0.2, -0.15) is 0 Å². The molecule has 6 nitrogen and oxygen atoms in total. The van der Waals surface area contributed by atoms with E-state index in [1.54, 1.807) is 0 Å². The molecule has 2 aliphatic heterocycles. The fourth-order valence-electron chi connectivity index (χ4n) is 4.94. The predicted molar refractivity (Wildman–Crippen MR) is 125 cm³/mol. The van der Waals surface area contributed by atoms with Crippen molar-refractivity contribution in [1.82, 2.24) is 19.4 Å². The van der Waals surface area contributed by atoms with Crippen molar-refractivity contribution in [2.75, 3.05) is 32.8 Å². The number of nitrogens with zero attached hydrogens (tertiary/aromatic N) is 4. The number of likely N-dealkylation sites (tertiary alicyclic amines) is 1. The van der Waals surface area contributed by atoms with Crippen LogP contribution in [-0.2, 0) is 16.1 Å². The maximum Gasteiger partial charge on any atom is 0.223 e. The van der Waals surface area contributed by atoms with Gasteiger partial charge in [-0.15, -0.1) is 5.10 Å². The molecule has 3 aromatic rings. The van der Waals surface area contributed by atoms with Crippen molar-refractivity contribution in [2.24, 2.45) is 5.41 Å². The van der Waals surface area contributed by atoms with Gasteiger partial charge in [-0.3, -0.25) is 9.69 Å². The van der Waals surface area contributed by atoms with Crippen LogP contribution in [0.1, 0.15) is 30.5 Å². The highest BCUT2D eigenvalue weighted by Crippen LogP contribution is 2.38. The molecule has 2 aromatic carbocycles. The Morgan fingerprint density at radius 1 is 1.12 bits per heavy atom. The van der Waals surface area contributed by atoms with Gasteiger partial charge in [0.25, 0.3) is 0 Å². The van der Waals surface area contributed by atoms with Crippen molar-refractivity contribution in [2.45, 2.75) is 25.9 Å². The molecule has 166 valence electrons. The predicted octanol–water partition coefficient (Wildman–Crippen LogP) is 4.02. The molecule has 0 N–H and O–H groups in total. The number of carbonyl (C=O) groups excluding carboxylic acids is 1. The third-order valence-electron chi connectivity index (χ3n) is 6.64. The van der Waals surface area contributed by atoms with Crippen LogP contribution in [0.15, 0.2) is 60.0 Å². The summed E-state index contributed by atoms with van der Waals surface area (Å²) in [6.45, 7) is 6.81. The monoisotopic (exact) mass is 448 g/mol. The molecule has 0 bridgehead atoms. The summed E-state index contributed by atoms with van der Waals surface area (Å²) in [5, 5.41) is 6.11. The first-order valence-electron chi connectivity index (χ1n) is 11.1. The van der Waals surface area contributed by atoms with E-state index < -0.39 is 0 Å². The molecule has 1 amide bonds. The van der Waals surface area contributed by atoms with Gasteiger partial charge >= 0.3 is 0 Å². The van der Waals surface area contributed by atoms with E-state index in [1.807, 2.05) is 28.5 Å². The highest BCUT2D eigenvalue weighted by molar-refractivity contribution is 7.03. The number of hydrogen-bond acceptors (Lipinski definition) is 6. The van der Waals surface area contributed by atoms with Crippen LogP contribution < -0.4 is 0 Å². The second kappa shape index (κ2) is 9.10. The molecule has 0 saturated carbocycles. The van der Waals surface area contributed by atoms with Crippen LogP contribution in [-0.4, -0.2) is 58.1 Å². The Morgan fingerprint density at radius 3 is 2.69 bits per heavy atom. The Balaban J connectivity index is 1.28. The van der Waals surface area contributed by atoms with E-state index in [4.69, 9.17) is 4.74 Å². The lowest BCUT2D eigenvalue weighted by molar-refractivity contribution is -0.129. The van der Waals surface area contributed by atoms with Gasteiger partial charge in [0.05, 0.1) is 19.3 Å². The minimum Gasteiger partial charge on any atom is -0.379 e. The molecule has 1 aromatic heterocycles. The topological polar surface area (TPSA) is 58.6 Å². The Morgan fingerprint density at radius 2 is 1.94 bits per heavy atom. The number of hydrogen-bond donors (Lipinski definition) is 0. The van der Waals surface area contributed by atoms with Gasteiger partial charge in [0, 0.05) is 49.0 Å². The van der Waals surface area contributed by atoms with Crippen molar-refractivity contribution in [1.29, 1.82) is 0 Å². The van der Waals surface area contributed by atoms with E-state index in [-0.39, 0.29) is 17.4 Å². The van der Waals surface area contributed by atoms with E-state index in [0.717, 1.165) is 37.4 Å². The molecular weight excluding hydrogens is 420 g/mol. The van der Waals surface area contributed by atoms with E-state index in [0.29, 0.717) is 19.6 Å². The zero-order valence-corrected chi connectivity index (χ0v) is 19.1. The van der Waals surface area contributed by atoms with E-state index >= 15 is 0 Å². The lowest BCUT2D eigenvalue weighted by Gasteiger charge is -2.33. The van der Waals surface area contributed by atoms with Crippen LogP contribution in [0.3, 0.4) is 0 Å². The minimum atomic E-state index is -0.150. The summed E-state index contributed by atoms with van der Waals surface area (Å²) in [7, 11) is 0. The fraction of sp³-hybridized carbons (Fsp3) is 0.400. The lowest BCUT2D eigenvalue weighted by atomic mass is 9.87. The Kier molecular flexibility index (Phi) is 6.04. The molecule has 3 heterocycles. The molecule has 5 rings (SSSR count). The van der Waals surface area contributed by atoms with Gasteiger partial charge < -0.3 is 9.64 Å². The molecule has 0 unspecified atom stereocenters. The Bertz CT molecular complexity index is 1040. The fourth-order valence-corrected chi connectivity index (χ4v) is 5.41. The van der Waals surface area contributed by atoms with Crippen LogP contribution in [0.4, 0.5) is 0 Å². The zero-order valence-electron chi connectivity index (χ0n) is 18.3. The summed E-state index contributed by atoms with van der Waals surface area (Å²) >= 11 is 1.37. The smallest absolute Gasteiger partial charge is 0.223 e. The number of aromatic nitrogens is 2. The molecule has 7 heteroatoms. The normalized spacial score (nSPS) is 22.9. The summed E-state index contributed by atoms with van der Waals surface area (Å²) in [6, 6.07) is 18.9. The van der Waals surface area contributed by atoms with Gasteiger partial charge in [0.15, 0.2) is 0 Å². The molecule has 2 saturated heterocycles. The molecule has 0 radical (unpaired) electrons. The van der Waals surface area contributed by atoms with Crippen LogP contribution in [0.5, 0.6) is 0 Å². The summed E-state index contributed by atoms with van der Waals surface area (Å²) in [5.74, 6) is 0.230. The zero-order chi connectivity index (χ0) is 22.0. The quantitative estimate of drug-likeness (QED) is 0.590. The van der Waals surface area contributed by atoms with E-state index in [1.165, 1.54) is 22.7 Å². The number of benzene rings is 2. The van der Waals surface area contributed by atoms with Crippen molar-refractivity contribution in [3.8, 4) is 11.3 Å². The standard InChI is InChI=1S/C25H28N4O2S/c1-19(21-5-3-2-4-6-21)29-17-25(13-24(29)30)16-28(11-12-31-18-25)14-20-7-9-22(10-8-20)23-15-32-27-26-23/h2-10,15,19H,11-14,16-18H2,1H3/t19-,25-/m0/s1. The first kappa shape index (κ1) is 21.2. The van der Waals surface area contributed by atoms with Crippen molar-refractivity contribution in [3.63, 3.8) is 0 Å². The van der Waals surface area contributed by atoms with Crippen LogP contribution in [0.25, 0.3) is 11.3 Å². The average Bonchev–Trinajstić information content (AvgIpc) is 3.41. The van der Waals surface area contributed by atoms with Gasteiger partial charge in [0.1, 0.15) is 5.69 Å². The minimum absolute atomic E-state index is 0.0764. The second-order valence-corrected chi connectivity index (χ2v) is 9.65. The Labute approximate surface area is 193 Å². The Hall–Kier alpha value is -2.61. The van der Waals surface area contributed by atoms with Crippen LogP contribution in [0, 0.1) is 5.41 Å². The molecule has 32 heavy (non-hydrogen) atoms. The summed E-state index contributed by atoms with van der Waals surface area (Å²) in [5.41, 5.74) is 4.29. The molecule has 2 fully saturated rings. The van der Waals surface area contributed by atoms with Gasteiger partial charge in [-0.05, 0) is 29.6 Å². The van der Waals surface area contributed by atoms with Crippen LogP contribution >= 0.6 is 11.5 Å². The van der Waals surface area contributed by atoms with Crippen LogP contribution in [0.2, 0.25) is 0 Å². The first-order chi connectivity index (χ1) is 15.6. The number of amides is 1. The molecule has 2 aliphatic rings. The highest BCUT2D eigenvalue weighted by atomic mass is 32.1. The second-order valence-electron chi connectivity index (χ2n) is 9.04. The molecular formula is C25H28N4O2S. The third-order valence-corrected chi connectivity index (χ3v) is 7.14. The van der Waals surface area contributed by atoms with E-state index in [9.17, 15) is 4.79 Å². The van der Waals surface area contributed by atoms with Gasteiger partial charge in [0.2, 0.25) is 5.91 Å². The largest absolute Gasteiger partial charge is 0.379 e. The maximum absolute atomic E-state index is 13.0. The van der Waals surface area contributed by atoms with Gasteiger partial charge in [-0.25, -0.2) is 0 Å². The first-order valence-corrected chi connectivity index (χ1v) is 12.0. The lowest BCUT2D eigenvalue weighted by Crippen LogP contribution is -2.40. The number of carbonyl (C=O) groups is 1. The highest BCUT2D eigenvalue weighted by Gasteiger charge is 2.46. The molecule has 0 aliphatic carbocycles. The van der Waals surface area contributed by atoms with Gasteiger partial charge in [-0.1, -0.05) is 59.1 Å². The van der Waals surface area contributed by atoms with Crippen molar-refractivity contribution in [3.05, 3.63) is 71.1 Å². The molecule has 2 atom stereocenters. The number of ether oxygens (including phenoxy) is 1. The summed E-state index contributed by atoms with van der Waals surface area (Å²) in [6.07, 6.45) is 0.552. The van der Waals surface area contributed by atoms with E-state index in [2.05, 4.69) is 57.8 Å². The maximum atomic E-state index is 13.0. The third kappa shape index (κ3) is 4.46. The van der Waals surface area contributed by atoms with Crippen molar-refractivity contribution >= 4 is 17.4 Å². The average molecular weight is 449 g/mol. The summed E-state index contributed by atoms with van der Waals surface area (Å²) in [4.78, 5) is 17.5. The summed E-state index contributed by atoms with van der Waals surface area (Å²) < 4.78 is 9.96. The van der Waals surface area contributed by atoms with Crippen molar-refractivity contribution < 1.29 is 9.53 Å².